The average molecular weight is 294 g/mol. The lowest BCUT2D eigenvalue weighted by Crippen LogP contribution is -2.42. The molecule has 1 aliphatic heterocycles. The number of nitrogens with one attached hydrogen (secondary N) is 1. The number of nitrogens with zero attached hydrogens (tertiary/aromatic N) is 1. The Morgan fingerprint density at radius 2 is 2.33 bits per heavy atom. The molecule has 1 aromatic rings. The van der Waals surface area contributed by atoms with Crippen molar-refractivity contribution in [2.24, 2.45) is 5.92 Å². The van der Waals surface area contributed by atoms with Crippen molar-refractivity contribution in [2.45, 2.75) is 26.3 Å². The Labute approximate surface area is 125 Å². The molecule has 21 heavy (non-hydrogen) atoms. The van der Waals surface area contributed by atoms with Crippen LogP contribution < -0.4 is 10.1 Å². The number of carbonyl (C=O) groups is 1. The van der Waals surface area contributed by atoms with Gasteiger partial charge in [0.2, 0.25) is 5.91 Å². The van der Waals surface area contributed by atoms with E-state index in [0.717, 1.165) is 31.5 Å². The van der Waals surface area contributed by atoms with Gasteiger partial charge in [0, 0.05) is 19.6 Å². The summed E-state index contributed by atoms with van der Waals surface area (Å²) in [7, 11) is 1.44. The maximum atomic E-state index is 13.7. The molecule has 0 spiro atoms. The molecule has 0 saturated carbocycles. The minimum Gasteiger partial charge on any atom is -0.494 e. The Bertz CT molecular complexity index is 487. The van der Waals surface area contributed by atoms with Gasteiger partial charge in [-0.25, -0.2) is 4.39 Å². The van der Waals surface area contributed by atoms with Crippen LogP contribution in [-0.4, -0.2) is 37.6 Å². The molecule has 0 radical (unpaired) electrons. The van der Waals surface area contributed by atoms with E-state index in [4.69, 9.17) is 4.74 Å². The fourth-order valence-corrected chi connectivity index (χ4v) is 2.69. The van der Waals surface area contributed by atoms with Crippen molar-refractivity contribution in [3.8, 4) is 5.75 Å². The summed E-state index contributed by atoms with van der Waals surface area (Å²) in [5.41, 5.74) is 0.785. The Hall–Kier alpha value is -1.62. The fraction of sp³-hybridized carbons (Fsp3) is 0.562. The molecule has 0 aliphatic carbocycles. The molecular weight excluding hydrogens is 271 g/mol. The van der Waals surface area contributed by atoms with Crippen LogP contribution >= 0.6 is 0 Å². The zero-order chi connectivity index (χ0) is 15.2. The molecule has 1 atom stereocenters. The number of methoxy groups -OCH3 is 1. The number of carbonyl (C=O) groups excluding carboxylic acids is 1. The Morgan fingerprint density at radius 3 is 2.90 bits per heavy atom. The van der Waals surface area contributed by atoms with E-state index in [1.807, 2.05) is 6.92 Å². The zero-order valence-corrected chi connectivity index (χ0v) is 12.7. The van der Waals surface area contributed by atoms with Crippen LogP contribution in [-0.2, 0) is 11.3 Å². The molecule has 1 amide bonds. The molecule has 0 bridgehead atoms. The summed E-state index contributed by atoms with van der Waals surface area (Å²) in [5, 5.41) is 3.26. The molecule has 4 nitrogen and oxygen atoms in total. The van der Waals surface area contributed by atoms with E-state index in [9.17, 15) is 9.18 Å². The summed E-state index contributed by atoms with van der Waals surface area (Å²) in [6.45, 7) is 4.75. The molecular formula is C16H23FN2O2. The second-order valence-electron chi connectivity index (χ2n) is 5.36. The smallest absolute Gasteiger partial charge is 0.227 e. The Balaban J connectivity index is 2.04. The van der Waals surface area contributed by atoms with Gasteiger partial charge in [-0.15, -0.1) is 0 Å². The SMILES string of the molecule is CCN(Cc1ccc(OC)c(F)c1)C(=O)[C@@H]1CCCNC1. The highest BCUT2D eigenvalue weighted by molar-refractivity contribution is 5.79. The number of halogens is 1. The third-order valence-electron chi connectivity index (χ3n) is 3.93. The predicted molar refractivity (Wildman–Crippen MR) is 79.6 cm³/mol. The van der Waals surface area contributed by atoms with Crippen LogP contribution in [0.5, 0.6) is 5.75 Å². The fourth-order valence-electron chi connectivity index (χ4n) is 2.69. The van der Waals surface area contributed by atoms with Crippen molar-refractivity contribution in [3.05, 3.63) is 29.6 Å². The van der Waals surface area contributed by atoms with Crippen LogP contribution in [0.2, 0.25) is 0 Å². The lowest BCUT2D eigenvalue weighted by molar-refractivity contribution is -0.136. The summed E-state index contributed by atoms with van der Waals surface area (Å²) in [6.07, 6.45) is 1.96. The summed E-state index contributed by atoms with van der Waals surface area (Å²) in [5.74, 6) is 0.0326. The molecule has 1 heterocycles. The van der Waals surface area contributed by atoms with Crippen molar-refractivity contribution in [1.82, 2.24) is 10.2 Å². The molecule has 2 rings (SSSR count). The lowest BCUT2D eigenvalue weighted by atomic mass is 9.98. The van der Waals surface area contributed by atoms with Gasteiger partial charge in [0.15, 0.2) is 11.6 Å². The van der Waals surface area contributed by atoms with Crippen LogP contribution in [0.15, 0.2) is 18.2 Å². The van der Waals surface area contributed by atoms with E-state index >= 15 is 0 Å². The van der Waals surface area contributed by atoms with Gasteiger partial charge in [-0.1, -0.05) is 6.07 Å². The second kappa shape index (κ2) is 7.41. The standard InChI is InChI=1S/C16H23FN2O2/c1-3-19(16(20)13-5-4-8-18-10-13)11-12-6-7-15(21-2)14(17)9-12/h6-7,9,13,18H,3-5,8,10-11H2,1-2H3/t13-/m1/s1. The van der Waals surface area contributed by atoms with Gasteiger partial charge in [-0.2, -0.15) is 0 Å². The summed E-state index contributed by atoms with van der Waals surface area (Å²) in [6, 6.07) is 4.84. The first-order valence-corrected chi connectivity index (χ1v) is 7.47. The number of ether oxygens (including phenoxy) is 1. The second-order valence-corrected chi connectivity index (χ2v) is 5.36. The summed E-state index contributed by atoms with van der Waals surface area (Å²) < 4.78 is 18.6. The Kier molecular flexibility index (Phi) is 5.56. The Morgan fingerprint density at radius 1 is 1.52 bits per heavy atom. The van der Waals surface area contributed by atoms with Gasteiger partial charge in [0.1, 0.15) is 0 Å². The molecule has 1 saturated heterocycles. The van der Waals surface area contributed by atoms with Crippen LogP contribution in [0.1, 0.15) is 25.3 Å². The van der Waals surface area contributed by atoms with Crippen LogP contribution in [0.25, 0.3) is 0 Å². The van der Waals surface area contributed by atoms with Crippen molar-refractivity contribution >= 4 is 5.91 Å². The first kappa shape index (κ1) is 15.8. The van der Waals surface area contributed by atoms with Crippen molar-refractivity contribution in [2.75, 3.05) is 26.7 Å². The van der Waals surface area contributed by atoms with Crippen LogP contribution in [0, 0.1) is 11.7 Å². The molecule has 0 aromatic heterocycles. The van der Waals surface area contributed by atoms with E-state index in [0.29, 0.717) is 13.1 Å². The molecule has 1 fully saturated rings. The average Bonchev–Trinajstić information content (AvgIpc) is 2.53. The first-order chi connectivity index (χ1) is 10.2. The number of hydrogen-bond donors (Lipinski definition) is 1. The van der Waals surface area contributed by atoms with Crippen LogP contribution in [0.3, 0.4) is 0 Å². The molecule has 5 heteroatoms. The maximum Gasteiger partial charge on any atom is 0.227 e. The highest BCUT2D eigenvalue weighted by Gasteiger charge is 2.25. The highest BCUT2D eigenvalue weighted by atomic mass is 19.1. The van der Waals surface area contributed by atoms with E-state index in [1.54, 1.807) is 17.0 Å². The van der Waals surface area contributed by atoms with Gasteiger partial charge >= 0.3 is 0 Å². The number of amides is 1. The summed E-state index contributed by atoms with van der Waals surface area (Å²) in [4.78, 5) is 14.3. The summed E-state index contributed by atoms with van der Waals surface area (Å²) >= 11 is 0. The van der Waals surface area contributed by atoms with Gasteiger partial charge in [-0.3, -0.25) is 4.79 Å². The first-order valence-electron chi connectivity index (χ1n) is 7.47. The van der Waals surface area contributed by atoms with E-state index in [-0.39, 0.29) is 17.6 Å². The third kappa shape index (κ3) is 3.94. The largest absolute Gasteiger partial charge is 0.494 e. The van der Waals surface area contributed by atoms with Gasteiger partial charge in [0.25, 0.3) is 0 Å². The van der Waals surface area contributed by atoms with E-state index in [1.165, 1.54) is 13.2 Å². The van der Waals surface area contributed by atoms with Crippen molar-refractivity contribution < 1.29 is 13.9 Å². The van der Waals surface area contributed by atoms with Gasteiger partial charge in [-0.05, 0) is 44.0 Å². The molecule has 1 aliphatic rings. The monoisotopic (exact) mass is 294 g/mol. The molecule has 116 valence electrons. The topological polar surface area (TPSA) is 41.6 Å². The molecule has 0 unspecified atom stereocenters. The van der Waals surface area contributed by atoms with Gasteiger partial charge in [0.05, 0.1) is 13.0 Å². The highest BCUT2D eigenvalue weighted by Crippen LogP contribution is 2.20. The minimum atomic E-state index is -0.391. The zero-order valence-electron chi connectivity index (χ0n) is 12.7. The number of hydrogen-bond acceptors (Lipinski definition) is 3. The van der Waals surface area contributed by atoms with Crippen molar-refractivity contribution in [1.29, 1.82) is 0 Å². The van der Waals surface area contributed by atoms with Gasteiger partial charge < -0.3 is 15.0 Å². The lowest BCUT2D eigenvalue weighted by Gasteiger charge is -2.29. The van der Waals surface area contributed by atoms with E-state index < -0.39 is 5.82 Å². The quantitative estimate of drug-likeness (QED) is 0.905. The molecule has 1 N–H and O–H groups in total. The van der Waals surface area contributed by atoms with Crippen LogP contribution in [0.4, 0.5) is 4.39 Å². The number of rotatable bonds is 5. The predicted octanol–water partition coefficient (Wildman–Crippen LogP) is 2.18. The number of benzene rings is 1. The maximum absolute atomic E-state index is 13.7. The van der Waals surface area contributed by atoms with E-state index in [2.05, 4.69) is 5.32 Å². The number of piperidine rings is 1. The van der Waals surface area contributed by atoms with Crippen molar-refractivity contribution in [3.63, 3.8) is 0 Å². The molecule has 1 aromatic carbocycles. The third-order valence-corrected chi connectivity index (χ3v) is 3.93. The minimum absolute atomic E-state index is 0.0433. The normalized spacial score (nSPS) is 18.3.